The predicted octanol–water partition coefficient (Wildman–Crippen LogP) is 4.49. The van der Waals surface area contributed by atoms with Gasteiger partial charge in [-0.05, 0) is 38.5 Å². The molecule has 3 nitrogen and oxygen atoms in total. The van der Waals surface area contributed by atoms with Gasteiger partial charge in [0.1, 0.15) is 0 Å². The summed E-state index contributed by atoms with van der Waals surface area (Å²) in [4.78, 5) is 17.6. The van der Waals surface area contributed by atoms with Gasteiger partial charge in [0.05, 0.1) is 23.2 Å². The lowest BCUT2D eigenvalue weighted by Crippen LogP contribution is -2.28. The second kappa shape index (κ2) is 6.77. The number of carbonyl (C=O) groups is 1. The number of amides is 1. The molecule has 0 aliphatic rings. The van der Waals surface area contributed by atoms with Crippen LogP contribution in [0.1, 0.15) is 34.1 Å². The van der Waals surface area contributed by atoms with E-state index in [-0.39, 0.29) is 18.4 Å². The lowest BCUT2D eigenvalue weighted by Gasteiger charge is -2.13. The Kier molecular flexibility index (Phi) is 5.25. The third-order valence-electron chi connectivity index (χ3n) is 3.08. The third kappa shape index (κ3) is 4.19. The highest BCUT2D eigenvalue weighted by molar-refractivity contribution is 7.11. The van der Waals surface area contributed by atoms with E-state index in [4.69, 9.17) is 23.2 Å². The van der Waals surface area contributed by atoms with Crippen molar-refractivity contribution in [1.29, 1.82) is 0 Å². The number of benzene rings is 1. The van der Waals surface area contributed by atoms with Crippen molar-refractivity contribution in [3.63, 3.8) is 0 Å². The molecule has 0 saturated heterocycles. The number of nitrogens with zero attached hydrogens (tertiary/aromatic N) is 1. The fraction of sp³-hybridized carbons (Fsp3) is 0.333. The molecule has 2 rings (SSSR count). The molecule has 1 amide bonds. The number of hydrogen-bond acceptors (Lipinski definition) is 3. The summed E-state index contributed by atoms with van der Waals surface area (Å²) in [6.45, 7) is 5.88. The Hall–Kier alpha value is -1.10. The first-order chi connectivity index (χ1) is 9.86. The van der Waals surface area contributed by atoms with E-state index < -0.39 is 0 Å². The molecule has 2 aromatic rings. The van der Waals surface area contributed by atoms with E-state index in [1.54, 1.807) is 29.5 Å². The van der Waals surface area contributed by atoms with Crippen molar-refractivity contribution in [2.24, 2.45) is 0 Å². The molecule has 0 bridgehead atoms. The van der Waals surface area contributed by atoms with E-state index in [1.807, 2.05) is 20.8 Å². The summed E-state index contributed by atoms with van der Waals surface area (Å²) >= 11 is 13.5. The Labute approximate surface area is 138 Å². The number of aryl methyl sites for hydroxylation is 2. The summed E-state index contributed by atoms with van der Waals surface area (Å²) in [6.07, 6.45) is 0.233. The van der Waals surface area contributed by atoms with Gasteiger partial charge < -0.3 is 5.32 Å². The number of nitrogens with one attached hydrogen (secondary N) is 1. The second-order valence-corrected chi connectivity index (χ2v) is 6.96. The van der Waals surface area contributed by atoms with E-state index in [0.29, 0.717) is 10.0 Å². The van der Waals surface area contributed by atoms with Crippen LogP contribution < -0.4 is 5.32 Å². The predicted molar refractivity (Wildman–Crippen MR) is 88.3 cm³/mol. The van der Waals surface area contributed by atoms with Crippen LogP contribution in [0.4, 0.5) is 0 Å². The van der Waals surface area contributed by atoms with Gasteiger partial charge in [-0.25, -0.2) is 4.98 Å². The van der Waals surface area contributed by atoms with Crippen molar-refractivity contribution in [1.82, 2.24) is 10.3 Å². The lowest BCUT2D eigenvalue weighted by atomic mass is 10.1. The van der Waals surface area contributed by atoms with Crippen molar-refractivity contribution < 1.29 is 4.79 Å². The highest BCUT2D eigenvalue weighted by atomic mass is 35.5. The van der Waals surface area contributed by atoms with Crippen molar-refractivity contribution in [3.05, 3.63) is 49.4 Å². The zero-order valence-corrected chi connectivity index (χ0v) is 14.4. The standard InChI is InChI=1S/C15H16Cl2N2OS/c1-8-15(21-10(3)18-8)9(2)19-14(20)6-11-4-5-12(16)7-13(11)17/h4-5,7,9H,6H2,1-3H3,(H,19,20). The van der Waals surface area contributed by atoms with Crippen molar-refractivity contribution in [2.75, 3.05) is 0 Å². The minimum Gasteiger partial charge on any atom is -0.348 e. The van der Waals surface area contributed by atoms with E-state index in [9.17, 15) is 4.79 Å². The fourth-order valence-electron chi connectivity index (χ4n) is 2.14. The molecule has 1 atom stereocenters. The summed E-state index contributed by atoms with van der Waals surface area (Å²) in [5, 5.41) is 5.06. The van der Waals surface area contributed by atoms with E-state index in [0.717, 1.165) is 21.1 Å². The fourth-order valence-corrected chi connectivity index (χ4v) is 3.55. The van der Waals surface area contributed by atoms with E-state index in [1.165, 1.54) is 0 Å². The average Bonchev–Trinajstić information content (AvgIpc) is 2.72. The maximum absolute atomic E-state index is 12.1. The van der Waals surface area contributed by atoms with Gasteiger partial charge in [-0.3, -0.25) is 4.79 Å². The van der Waals surface area contributed by atoms with Crippen molar-refractivity contribution in [2.45, 2.75) is 33.2 Å². The van der Waals surface area contributed by atoms with Gasteiger partial charge in [-0.2, -0.15) is 0 Å². The smallest absolute Gasteiger partial charge is 0.224 e. The van der Waals surface area contributed by atoms with E-state index >= 15 is 0 Å². The normalized spacial score (nSPS) is 12.2. The Balaban J connectivity index is 2.03. The molecule has 1 aromatic heterocycles. The topological polar surface area (TPSA) is 42.0 Å². The number of carbonyl (C=O) groups excluding carboxylic acids is 1. The maximum Gasteiger partial charge on any atom is 0.224 e. The Bertz CT molecular complexity index is 670. The molecular formula is C15H16Cl2N2OS. The summed E-state index contributed by atoms with van der Waals surface area (Å²) in [5.74, 6) is -0.0721. The second-order valence-electron chi connectivity index (χ2n) is 4.88. The van der Waals surface area contributed by atoms with Crippen molar-refractivity contribution in [3.8, 4) is 0 Å². The molecule has 21 heavy (non-hydrogen) atoms. The minimum absolute atomic E-state index is 0.0604. The average molecular weight is 343 g/mol. The SMILES string of the molecule is Cc1nc(C)c(C(C)NC(=O)Cc2ccc(Cl)cc2Cl)s1. The monoisotopic (exact) mass is 342 g/mol. The third-order valence-corrected chi connectivity index (χ3v) is 4.92. The first kappa shape index (κ1) is 16.3. The van der Waals surface area contributed by atoms with Crippen LogP contribution in [0.5, 0.6) is 0 Å². The maximum atomic E-state index is 12.1. The van der Waals surface area contributed by atoms with Gasteiger partial charge in [-0.15, -0.1) is 11.3 Å². The van der Waals surface area contributed by atoms with Crippen LogP contribution in [0.25, 0.3) is 0 Å². The van der Waals surface area contributed by atoms with E-state index in [2.05, 4.69) is 10.3 Å². The Morgan fingerprint density at radius 2 is 2.10 bits per heavy atom. The molecule has 0 spiro atoms. The quantitative estimate of drug-likeness (QED) is 0.889. The summed E-state index contributed by atoms with van der Waals surface area (Å²) in [5.41, 5.74) is 1.73. The summed E-state index contributed by atoms with van der Waals surface area (Å²) < 4.78 is 0. The minimum atomic E-state index is -0.0721. The van der Waals surface area contributed by atoms with Crippen LogP contribution in [0.15, 0.2) is 18.2 Å². The molecule has 1 N–H and O–H groups in total. The van der Waals surface area contributed by atoms with Gasteiger partial charge in [0.2, 0.25) is 5.91 Å². The number of hydrogen-bond donors (Lipinski definition) is 1. The van der Waals surface area contributed by atoms with Crippen LogP contribution in [0.2, 0.25) is 10.0 Å². The lowest BCUT2D eigenvalue weighted by molar-refractivity contribution is -0.121. The van der Waals surface area contributed by atoms with Gasteiger partial charge in [0.25, 0.3) is 0 Å². The summed E-state index contributed by atoms with van der Waals surface area (Å²) in [6, 6.07) is 5.09. The molecule has 0 fully saturated rings. The van der Waals surface area contributed by atoms with Gasteiger partial charge in [-0.1, -0.05) is 29.3 Å². The Morgan fingerprint density at radius 3 is 2.67 bits per heavy atom. The Morgan fingerprint density at radius 1 is 1.38 bits per heavy atom. The molecular weight excluding hydrogens is 327 g/mol. The number of aromatic nitrogens is 1. The highest BCUT2D eigenvalue weighted by Crippen LogP contribution is 2.25. The molecule has 0 saturated carbocycles. The largest absolute Gasteiger partial charge is 0.348 e. The van der Waals surface area contributed by atoms with Crippen LogP contribution >= 0.6 is 34.5 Å². The first-order valence-corrected chi connectivity index (χ1v) is 8.11. The first-order valence-electron chi connectivity index (χ1n) is 6.54. The summed E-state index contributed by atoms with van der Waals surface area (Å²) in [7, 11) is 0. The molecule has 1 unspecified atom stereocenters. The van der Waals surface area contributed by atoms with Crippen LogP contribution in [-0.4, -0.2) is 10.9 Å². The van der Waals surface area contributed by atoms with Crippen LogP contribution in [0.3, 0.4) is 0 Å². The number of rotatable bonds is 4. The molecule has 0 aliphatic heterocycles. The van der Waals surface area contributed by atoms with Crippen molar-refractivity contribution >= 4 is 40.4 Å². The molecule has 1 aromatic carbocycles. The van der Waals surface area contributed by atoms with Crippen LogP contribution in [-0.2, 0) is 11.2 Å². The highest BCUT2D eigenvalue weighted by Gasteiger charge is 2.16. The zero-order chi connectivity index (χ0) is 15.6. The number of thiazole rings is 1. The molecule has 1 heterocycles. The van der Waals surface area contributed by atoms with Gasteiger partial charge in [0.15, 0.2) is 0 Å². The zero-order valence-electron chi connectivity index (χ0n) is 12.0. The molecule has 112 valence electrons. The molecule has 0 aliphatic carbocycles. The molecule has 6 heteroatoms. The van der Waals surface area contributed by atoms with Crippen LogP contribution in [0, 0.1) is 13.8 Å². The van der Waals surface area contributed by atoms with Gasteiger partial charge in [0, 0.05) is 14.9 Å². The number of halogens is 2. The van der Waals surface area contributed by atoms with Gasteiger partial charge >= 0.3 is 0 Å². The molecule has 0 radical (unpaired) electrons.